The van der Waals surface area contributed by atoms with E-state index >= 15 is 0 Å². The number of halogens is 2. The van der Waals surface area contributed by atoms with E-state index in [1.165, 1.54) is 6.20 Å². The number of nitrogens with zero attached hydrogens (tertiary/aromatic N) is 2. The summed E-state index contributed by atoms with van der Waals surface area (Å²) in [4.78, 5) is 20.1. The van der Waals surface area contributed by atoms with Gasteiger partial charge >= 0.3 is 0 Å². The Labute approximate surface area is 120 Å². The van der Waals surface area contributed by atoms with E-state index in [0.717, 1.165) is 0 Å². The lowest BCUT2D eigenvalue weighted by Crippen LogP contribution is -2.16. The molecule has 0 atom stereocenters. The van der Waals surface area contributed by atoms with Gasteiger partial charge in [0.05, 0.1) is 10.0 Å². The molecular weight excluding hydrogens is 287 g/mol. The van der Waals surface area contributed by atoms with Gasteiger partial charge in [0.2, 0.25) is 0 Å². The van der Waals surface area contributed by atoms with Crippen LogP contribution in [-0.4, -0.2) is 22.9 Å². The van der Waals surface area contributed by atoms with Crippen molar-refractivity contribution >= 4 is 40.7 Å². The van der Waals surface area contributed by atoms with Gasteiger partial charge in [-0.3, -0.25) is 4.79 Å². The second-order valence-electron chi connectivity index (χ2n) is 3.56. The molecule has 0 saturated carbocycles. The molecule has 0 saturated heterocycles. The summed E-state index contributed by atoms with van der Waals surface area (Å²) in [5.74, 6) is 0.339. The van der Waals surface area contributed by atoms with Crippen molar-refractivity contribution in [3.63, 3.8) is 0 Å². The van der Waals surface area contributed by atoms with Crippen LogP contribution in [0.1, 0.15) is 10.5 Å². The number of carbonyl (C=O) groups is 1. The van der Waals surface area contributed by atoms with E-state index in [0.29, 0.717) is 10.8 Å². The minimum Gasteiger partial charge on any atom is -0.373 e. The van der Waals surface area contributed by atoms with Crippen LogP contribution >= 0.6 is 23.2 Å². The third-order valence-electron chi connectivity index (χ3n) is 2.31. The van der Waals surface area contributed by atoms with Crippen molar-refractivity contribution in [1.29, 1.82) is 0 Å². The first kappa shape index (κ1) is 13.6. The van der Waals surface area contributed by atoms with Gasteiger partial charge in [-0.2, -0.15) is 0 Å². The molecule has 0 radical (unpaired) electrons. The molecule has 2 heterocycles. The number of rotatable bonds is 3. The van der Waals surface area contributed by atoms with Crippen molar-refractivity contribution in [3.05, 3.63) is 46.2 Å². The Kier molecular flexibility index (Phi) is 4.19. The first-order valence-corrected chi connectivity index (χ1v) is 6.13. The lowest BCUT2D eigenvalue weighted by Gasteiger charge is -2.08. The van der Waals surface area contributed by atoms with Gasteiger partial charge in [-0.25, -0.2) is 9.97 Å². The monoisotopic (exact) mass is 296 g/mol. The highest BCUT2D eigenvalue weighted by Gasteiger charge is 2.15. The smallest absolute Gasteiger partial charge is 0.277 e. The summed E-state index contributed by atoms with van der Waals surface area (Å²) in [6.07, 6.45) is 1.53. The van der Waals surface area contributed by atoms with Crippen LogP contribution < -0.4 is 10.6 Å². The van der Waals surface area contributed by atoms with E-state index in [1.807, 2.05) is 0 Å². The third-order valence-corrected chi connectivity index (χ3v) is 2.92. The molecule has 2 aromatic rings. The van der Waals surface area contributed by atoms with Crippen molar-refractivity contribution in [1.82, 2.24) is 9.97 Å². The van der Waals surface area contributed by atoms with Gasteiger partial charge in [-0.15, -0.1) is 0 Å². The number of pyridine rings is 2. The van der Waals surface area contributed by atoms with E-state index in [-0.39, 0.29) is 16.5 Å². The molecule has 7 heteroatoms. The molecule has 0 bridgehead atoms. The summed E-state index contributed by atoms with van der Waals surface area (Å²) in [7, 11) is 1.70. The molecule has 0 aliphatic carbocycles. The van der Waals surface area contributed by atoms with E-state index in [1.54, 1.807) is 31.3 Å². The maximum atomic E-state index is 12.1. The molecule has 19 heavy (non-hydrogen) atoms. The van der Waals surface area contributed by atoms with Crippen molar-refractivity contribution in [2.24, 2.45) is 0 Å². The molecule has 0 fully saturated rings. The van der Waals surface area contributed by atoms with Gasteiger partial charge in [-0.1, -0.05) is 23.2 Å². The number of aromatic nitrogens is 2. The Balaban J connectivity index is 2.28. The van der Waals surface area contributed by atoms with Gasteiger partial charge in [-0.05, 0) is 24.3 Å². The molecule has 5 nitrogen and oxygen atoms in total. The highest BCUT2D eigenvalue weighted by molar-refractivity contribution is 6.35. The van der Waals surface area contributed by atoms with Gasteiger partial charge in [0, 0.05) is 13.2 Å². The topological polar surface area (TPSA) is 66.9 Å². The maximum absolute atomic E-state index is 12.1. The van der Waals surface area contributed by atoms with Gasteiger partial charge in [0.25, 0.3) is 5.91 Å². The molecule has 0 spiro atoms. The normalized spacial score (nSPS) is 10.1. The van der Waals surface area contributed by atoms with E-state index in [9.17, 15) is 4.79 Å². The van der Waals surface area contributed by atoms with E-state index in [4.69, 9.17) is 23.2 Å². The van der Waals surface area contributed by atoms with Crippen LogP contribution in [0, 0.1) is 0 Å². The predicted molar refractivity (Wildman–Crippen MR) is 76.0 cm³/mol. The Morgan fingerprint density at radius 3 is 2.68 bits per heavy atom. The van der Waals surface area contributed by atoms with Gasteiger partial charge < -0.3 is 10.6 Å². The minimum atomic E-state index is -0.470. The lowest BCUT2D eigenvalue weighted by molar-refractivity contribution is 0.102. The Bertz CT molecular complexity index is 618. The van der Waals surface area contributed by atoms with E-state index < -0.39 is 5.91 Å². The number of hydrogen-bond acceptors (Lipinski definition) is 4. The van der Waals surface area contributed by atoms with Crippen molar-refractivity contribution < 1.29 is 4.79 Å². The highest BCUT2D eigenvalue weighted by atomic mass is 35.5. The molecule has 2 rings (SSSR count). The molecule has 2 aromatic heterocycles. The first-order chi connectivity index (χ1) is 9.11. The molecule has 0 aliphatic rings. The summed E-state index contributed by atoms with van der Waals surface area (Å²) in [5, 5.41) is 5.99. The average molecular weight is 297 g/mol. The second kappa shape index (κ2) is 5.86. The summed E-state index contributed by atoms with van der Waals surface area (Å²) < 4.78 is 0. The van der Waals surface area contributed by atoms with Crippen molar-refractivity contribution in [2.45, 2.75) is 0 Å². The zero-order valence-corrected chi connectivity index (χ0v) is 11.5. The number of hydrogen-bond donors (Lipinski definition) is 2. The third kappa shape index (κ3) is 3.13. The van der Waals surface area contributed by atoms with Gasteiger partial charge in [0.1, 0.15) is 11.5 Å². The molecule has 2 N–H and O–H groups in total. The fourth-order valence-corrected chi connectivity index (χ4v) is 1.74. The van der Waals surface area contributed by atoms with Crippen LogP contribution in [0.3, 0.4) is 0 Å². The van der Waals surface area contributed by atoms with Gasteiger partial charge in [0.15, 0.2) is 5.82 Å². The molecule has 0 unspecified atom stereocenters. The van der Waals surface area contributed by atoms with Crippen LogP contribution in [-0.2, 0) is 0 Å². The van der Waals surface area contributed by atoms with Crippen LogP contribution in [0.2, 0.25) is 10.0 Å². The maximum Gasteiger partial charge on any atom is 0.277 e. The fraction of sp³-hybridized carbons (Fsp3) is 0.0833. The molecule has 98 valence electrons. The molecule has 0 aliphatic heterocycles. The summed E-state index contributed by atoms with van der Waals surface area (Å²) in [5.41, 5.74) is 0.107. The standard InChI is InChI=1S/C12H10Cl2N4O/c1-15-9-5-4-7(13)10(17-9)12(19)18-11-8(14)3-2-6-16-11/h2-6H,1H3,(H,15,17)(H,16,18,19). The Hall–Kier alpha value is -1.85. The molecule has 1 amide bonds. The summed E-state index contributed by atoms with van der Waals surface area (Å²) >= 11 is 11.9. The van der Waals surface area contributed by atoms with Crippen molar-refractivity contribution in [3.8, 4) is 0 Å². The first-order valence-electron chi connectivity index (χ1n) is 5.38. The number of nitrogens with one attached hydrogen (secondary N) is 2. The minimum absolute atomic E-state index is 0.107. The summed E-state index contributed by atoms with van der Waals surface area (Å²) in [6.45, 7) is 0. The van der Waals surface area contributed by atoms with Crippen LogP contribution in [0.4, 0.5) is 11.6 Å². The zero-order valence-electron chi connectivity index (χ0n) is 9.95. The number of carbonyl (C=O) groups excluding carboxylic acids is 1. The van der Waals surface area contributed by atoms with Crippen LogP contribution in [0.5, 0.6) is 0 Å². The molecule has 0 aromatic carbocycles. The predicted octanol–water partition coefficient (Wildman–Crippen LogP) is 3.08. The zero-order chi connectivity index (χ0) is 13.8. The van der Waals surface area contributed by atoms with E-state index in [2.05, 4.69) is 20.6 Å². The van der Waals surface area contributed by atoms with Crippen LogP contribution in [0.15, 0.2) is 30.5 Å². The second-order valence-corrected chi connectivity index (χ2v) is 4.38. The summed E-state index contributed by atoms with van der Waals surface area (Å²) in [6, 6.07) is 6.57. The quantitative estimate of drug-likeness (QED) is 0.913. The van der Waals surface area contributed by atoms with Crippen molar-refractivity contribution in [2.75, 3.05) is 17.7 Å². The largest absolute Gasteiger partial charge is 0.373 e. The lowest BCUT2D eigenvalue weighted by atomic mass is 10.3. The Morgan fingerprint density at radius 1 is 1.21 bits per heavy atom. The van der Waals surface area contributed by atoms with Crippen LogP contribution in [0.25, 0.3) is 0 Å². The highest BCUT2D eigenvalue weighted by Crippen LogP contribution is 2.21. The SMILES string of the molecule is CNc1ccc(Cl)c(C(=O)Nc2ncccc2Cl)n1. The molecular formula is C12H10Cl2N4O. The number of anilines is 2. The Morgan fingerprint density at radius 2 is 2.00 bits per heavy atom. The average Bonchev–Trinajstić information content (AvgIpc) is 2.42. The fourth-order valence-electron chi connectivity index (χ4n) is 1.39. The number of amides is 1.